The van der Waals surface area contributed by atoms with Gasteiger partial charge in [0, 0.05) is 11.6 Å². The van der Waals surface area contributed by atoms with Crippen molar-refractivity contribution in [1.82, 2.24) is 10.6 Å². The van der Waals surface area contributed by atoms with E-state index in [1.54, 1.807) is 6.07 Å². The van der Waals surface area contributed by atoms with Crippen molar-refractivity contribution in [1.29, 1.82) is 0 Å². The summed E-state index contributed by atoms with van der Waals surface area (Å²) in [6.45, 7) is 0.169. The Morgan fingerprint density at radius 3 is 2.43 bits per heavy atom. The number of aliphatic hydroxyl groups is 1. The van der Waals surface area contributed by atoms with E-state index in [9.17, 15) is 9.90 Å². The summed E-state index contributed by atoms with van der Waals surface area (Å²) >= 11 is 6.02. The van der Waals surface area contributed by atoms with E-state index >= 15 is 0 Å². The second kappa shape index (κ2) is 7.67. The van der Waals surface area contributed by atoms with Crippen LogP contribution in [0.15, 0.2) is 54.6 Å². The molecule has 0 aliphatic rings. The second-order valence-electron chi connectivity index (χ2n) is 4.56. The molecular formula is C16H17ClN2O2. The summed E-state index contributed by atoms with van der Waals surface area (Å²) in [5, 5.41) is 15.5. The average Bonchev–Trinajstić information content (AvgIpc) is 2.52. The third-order valence-corrected chi connectivity index (χ3v) is 3.46. The zero-order valence-corrected chi connectivity index (χ0v) is 12.2. The molecule has 0 aliphatic carbocycles. The van der Waals surface area contributed by atoms with Gasteiger partial charge in [0.15, 0.2) is 0 Å². The summed E-state index contributed by atoms with van der Waals surface area (Å²) in [5.74, 6) is 0. The van der Waals surface area contributed by atoms with E-state index in [1.165, 1.54) is 0 Å². The van der Waals surface area contributed by atoms with Crippen LogP contribution < -0.4 is 10.6 Å². The van der Waals surface area contributed by atoms with E-state index in [4.69, 9.17) is 11.6 Å². The van der Waals surface area contributed by atoms with E-state index in [0.717, 1.165) is 11.1 Å². The van der Waals surface area contributed by atoms with E-state index in [0.29, 0.717) is 11.6 Å². The highest BCUT2D eigenvalue weighted by atomic mass is 35.5. The van der Waals surface area contributed by atoms with Gasteiger partial charge < -0.3 is 15.7 Å². The maximum atomic E-state index is 11.9. The minimum absolute atomic E-state index is 0.163. The number of halogens is 1. The first-order chi connectivity index (χ1) is 10.2. The third-order valence-electron chi connectivity index (χ3n) is 3.09. The molecule has 5 heteroatoms. The number of hydrogen-bond acceptors (Lipinski definition) is 2. The molecule has 0 spiro atoms. The Labute approximate surface area is 128 Å². The molecule has 21 heavy (non-hydrogen) atoms. The predicted octanol–water partition coefficient (Wildman–Crippen LogP) is 2.87. The van der Waals surface area contributed by atoms with Gasteiger partial charge in [-0.1, -0.05) is 60.1 Å². The number of urea groups is 1. The molecule has 0 unspecified atom stereocenters. The van der Waals surface area contributed by atoms with E-state index in [2.05, 4.69) is 10.6 Å². The quantitative estimate of drug-likeness (QED) is 0.795. The number of benzene rings is 2. The van der Waals surface area contributed by atoms with Gasteiger partial charge in [-0.2, -0.15) is 0 Å². The number of carbonyl (C=O) groups excluding carboxylic acids is 1. The van der Waals surface area contributed by atoms with Crippen LogP contribution in [0.1, 0.15) is 17.2 Å². The summed E-state index contributed by atoms with van der Waals surface area (Å²) in [6, 6.07) is 15.9. The molecule has 0 aromatic heterocycles. The third kappa shape index (κ3) is 4.48. The van der Waals surface area contributed by atoms with Gasteiger partial charge >= 0.3 is 6.03 Å². The first kappa shape index (κ1) is 15.4. The summed E-state index contributed by atoms with van der Waals surface area (Å²) in [6.07, 6.45) is 0. The van der Waals surface area contributed by atoms with Crippen LogP contribution in [0, 0.1) is 0 Å². The SMILES string of the molecule is O=C(NCc1ccccc1Cl)N[C@H](CO)c1ccccc1. The number of amides is 2. The van der Waals surface area contributed by atoms with Crippen LogP contribution in [-0.4, -0.2) is 17.7 Å². The van der Waals surface area contributed by atoms with Crippen molar-refractivity contribution in [2.75, 3.05) is 6.61 Å². The largest absolute Gasteiger partial charge is 0.394 e. The normalized spacial score (nSPS) is 11.7. The Hall–Kier alpha value is -2.04. The highest BCUT2D eigenvalue weighted by Crippen LogP contribution is 2.14. The minimum atomic E-state index is -0.433. The summed E-state index contributed by atoms with van der Waals surface area (Å²) < 4.78 is 0. The van der Waals surface area contributed by atoms with Crippen LogP contribution in [0.2, 0.25) is 5.02 Å². The Balaban J connectivity index is 1.90. The summed E-state index contributed by atoms with van der Waals surface area (Å²) in [4.78, 5) is 11.9. The molecule has 2 amide bonds. The number of nitrogens with one attached hydrogen (secondary N) is 2. The molecule has 2 aromatic rings. The number of aliphatic hydroxyl groups excluding tert-OH is 1. The maximum Gasteiger partial charge on any atom is 0.315 e. The van der Waals surface area contributed by atoms with Gasteiger partial charge in [0.1, 0.15) is 0 Å². The Kier molecular flexibility index (Phi) is 5.60. The highest BCUT2D eigenvalue weighted by molar-refractivity contribution is 6.31. The topological polar surface area (TPSA) is 61.4 Å². The lowest BCUT2D eigenvalue weighted by Crippen LogP contribution is -2.38. The van der Waals surface area contributed by atoms with Crippen molar-refractivity contribution in [3.8, 4) is 0 Å². The first-order valence-corrected chi connectivity index (χ1v) is 7.02. The lowest BCUT2D eigenvalue weighted by atomic mass is 10.1. The maximum absolute atomic E-state index is 11.9. The molecule has 0 fully saturated rings. The molecule has 1 atom stereocenters. The molecule has 110 valence electrons. The van der Waals surface area contributed by atoms with Gasteiger partial charge in [-0.05, 0) is 17.2 Å². The Morgan fingerprint density at radius 1 is 1.10 bits per heavy atom. The van der Waals surface area contributed by atoms with E-state index in [1.807, 2.05) is 48.5 Å². The Morgan fingerprint density at radius 2 is 1.76 bits per heavy atom. The van der Waals surface area contributed by atoms with Crippen molar-refractivity contribution < 1.29 is 9.90 Å². The van der Waals surface area contributed by atoms with Gasteiger partial charge in [-0.25, -0.2) is 4.79 Å². The second-order valence-corrected chi connectivity index (χ2v) is 4.97. The fraction of sp³-hybridized carbons (Fsp3) is 0.188. The lowest BCUT2D eigenvalue weighted by molar-refractivity contribution is 0.216. The van der Waals surface area contributed by atoms with Crippen LogP contribution in [0.5, 0.6) is 0 Å². The first-order valence-electron chi connectivity index (χ1n) is 6.64. The molecule has 0 saturated carbocycles. The van der Waals surface area contributed by atoms with Crippen LogP contribution in [-0.2, 0) is 6.54 Å². The van der Waals surface area contributed by atoms with E-state index < -0.39 is 6.04 Å². The minimum Gasteiger partial charge on any atom is -0.394 e. The molecule has 0 radical (unpaired) electrons. The molecule has 2 rings (SSSR count). The Bertz CT molecular complexity index is 590. The fourth-order valence-electron chi connectivity index (χ4n) is 1.95. The number of carbonyl (C=O) groups is 1. The van der Waals surface area contributed by atoms with Crippen LogP contribution in [0.4, 0.5) is 4.79 Å². The van der Waals surface area contributed by atoms with Gasteiger partial charge in [-0.3, -0.25) is 0 Å². The molecule has 0 aliphatic heterocycles. The average molecular weight is 305 g/mol. The predicted molar refractivity (Wildman–Crippen MR) is 83.1 cm³/mol. The zero-order valence-electron chi connectivity index (χ0n) is 11.4. The number of hydrogen-bond donors (Lipinski definition) is 3. The molecular weight excluding hydrogens is 288 g/mol. The van der Waals surface area contributed by atoms with Crippen molar-refractivity contribution in [2.24, 2.45) is 0 Å². The van der Waals surface area contributed by atoms with Gasteiger partial charge in [0.25, 0.3) is 0 Å². The van der Waals surface area contributed by atoms with Gasteiger partial charge in [-0.15, -0.1) is 0 Å². The van der Waals surface area contributed by atoms with Crippen molar-refractivity contribution in [2.45, 2.75) is 12.6 Å². The summed E-state index contributed by atoms with van der Waals surface area (Å²) in [5.41, 5.74) is 1.70. The summed E-state index contributed by atoms with van der Waals surface area (Å²) in [7, 11) is 0. The molecule has 2 aromatic carbocycles. The zero-order chi connectivity index (χ0) is 15.1. The van der Waals surface area contributed by atoms with Crippen molar-refractivity contribution in [3.05, 3.63) is 70.7 Å². The van der Waals surface area contributed by atoms with Crippen molar-refractivity contribution >= 4 is 17.6 Å². The molecule has 0 heterocycles. The van der Waals surface area contributed by atoms with Crippen LogP contribution in [0.3, 0.4) is 0 Å². The van der Waals surface area contributed by atoms with Crippen LogP contribution in [0.25, 0.3) is 0 Å². The smallest absolute Gasteiger partial charge is 0.315 e. The molecule has 0 saturated heterocycles. The van der Waals surface area contributed by atoms with Gasteiger partial charge in [0.05, 0.1) is 12.6 Å². The van der Waals surface area contributed by atoms with Crippen molar-refractivity contribution in [3.63, 3.8) is 0 Å². The standard InChI is InChI=1S/C16H17ClN2O2/c17-14-9-5-4-8-13(14)10-18-16(21)19-15(11-20)12-6-2-1-3-7-12/h1-9,15,20H,10-11H2,(H2,18,19,21)/t15-/m1/s1. The van der Waals surface area contributed by atoms with Gasteiger partial charge in [0.2, 0.25) is 0 Å². The lowest BCUT2D eigenvalue weighted by Gasteiger charge is -2.17. The van der Waals surface area contributed by atoms with Crippen LogP contribution >= 0.6 is 11.6 Å². The number of rotatable bonds is 5. The highest BCUT2D eigenvalue weighted by Gasteiger charge is 2.13. The molecule has 4 nitrogen and oxygen atoms in total. The molecule has 0 bridgehead atoms. The fourth-order valence-corrected chi connectivity index (χ4v) is 2.15. The van der Waals surface area contributed by atoms with E-state index in [-0.39, 0.29) is 12.6 Å². The molecule has 3 N–H and O–H groups in total. The monoisotopic (exact) mass is 304 g/mol.